The fourth-order valence-corrected chi connectivity index (χ4v) is 10.7. The lowest BCUT2D eigenvalue weighted by atomic mass is 9.26. The zero-order valence-electron chi connectivity index (χ0n) is 18.1. The lowest BCUT2D eigenvalue weighted by molar-refractivity contribution is -0.266. The SMILES string of the molecule is CC1(C)C[C@]23C=CCC[C@]12CC[C@H]1[C@H]2CC[C@H]([C@@H]4COC(=O)C4)[C@@]2(C)CC[C@@H]13. The lowest BCUT2D eigenvalue weighted by Crippen LogP contribution is -2.70. The van der Waals surface area contributed by atoms with Crippen molar-refractivity contribution in [3.63, 3.8) is 0 Å². The summed E-state index contributed by atoms with van der Waals surface area (Å²) >= 11 is 0. The number of cyclic esters (lactones) is 1. The molecule has 1 heterocycles. The summed E-state index contributed by atoms with van der Waals surface area (Å²) in [7, 11) is 0. The molecule has 6 rings (SSSR count). The molecule has 0 bridgehead atoms. The molecule has 0 N–H and O–H groups in total. The van der Waals surface area contributed by atoms with E-state index in [4.69, 9.17) is 4.74 Å². The van der Waals surface area contributed by atoms with Gasteiger partial charge in [0.25, 0.3) is 0 Å². The van der Waals surface area contributed by atoms with Crippen LogP contribution in [0.3, 0.4) is 0 Å². The normalized spacial score (nSPS) is 56.1. The van der Waals surface area contributed by atoms with Gasteiger partial charge in [0.1, 0.15) is 0 Å². The maximum atomic E-state index is 11.8. The van der Waals surface area contributed by atoms with Crippen LogP contribution >= 0.6 is 0 Å². The molecule has 2 heteroatoms. The van der Waals surface area contributed by atoms with Gasteiger partial charge in [0.05, 0.1) is 13.0 Å². The Kier molecular flexibility index (Phi) is 3.52. The van der Waals surface area contributed by atoms with Gasteiger partial charge in [-0.25, -0.2) is 0 Å². The summed E-state index contributed by atoms with van der Waals surface area (Å²) in [6.07, 6.45) is 18.6. The van der Waals surface area contributed by atoms with Crippen LogP contribution in [0.2, 0.25) is 0 Å². The van der Waals surface area contributed by atoms with E-state index in [9.17, 15) is 4.79 Å². The lowest BCUT2D eigenvalue weighted by Gasteiger charge is -2.77. The number of rotatable bonds is 1. The molecule has 28 heavy (non-hydrogen) atoms. The number of hydrogen-bond donors (Lipinski definition) is 0. The first kappa shape index (κ1) is 18.0. The van der Waals surface area contributed by atoms with Gasteiger partial charge >= 0.3 is 5.97 Å². The molecule has 0 aromatic carbocycles. The quantitative estimate of drug-likeness (QED) is 0.401. The van der Waals surface area contributed by atoms with Crippen molar-refractivity contribution < 1.29 is 9.53 Å². The molecule has 0 unspecified atom stereocenters. The number of allylic oxidation sites excluding steroid dienone is 2. The molecule has 5 aliphatic carbocycles. The van der Waals surface area contributed by atoms with Gasteiger partial charge in [-0.15, -0.1) is 0 Å². The van der Waals surface area contributed by atoms with Crippen molar-refractivity contribution in [1.29, 1.82) is 0 Å². The van der Waals surface area contributed by atoms with E-state index in [1.54, 1.807) is 0 Å². The summed E-state index contributed by atoms with van der Waals surface area (Å²) in [6.45, 7) is 8.44. The molecule has 2 nitrogen and oxygen atoms in total. The molecule has 6 aliphatic rings. The van der Waals surface area contributed by atoms with Gasteiger partial charge in [-0.05, 0) is 103 Å². The highest BCUT2D eigenvalue weighted by molar-refractivity contribution is 5.71. The third-order valence-corrected chi connectivity index (χ3v) is 11.6. The fourth-order valence-electron chi connectivity index (χ4n) is 10.7. The maximum Gasteiger partial charge on any atom is 0.306 e. The van der Waals surface area contributed by atoms with Gasteiger partial charge < -0.3 is 4.74 Å². The molecule has 0 spiro atoms. The van der Waals surface area contributed by atoms with E-state index in [2.05, 4.69) is 32.9 Å². The van der Waals surface area contributed by atoms with Gasteiger partial charge in [0.15, 0.2) is 0 Å². The molecule has 0 amide bonds. The summed E-state index contributed by atoms with van der Waals surface area (Å²) in [4.78, 5) is 11.8. The van der Waals surface area contributed by atoms with E-state index in [-0.39, 0.29) is 5.97 Å². The van der Waals surface area contributed by atoms with E-state index in [1.807, 2.05) is 0 Å². The Hall–Kier alpha value is -0.790. The molecular weight excluding hydrogens is 344 g/mol. The minimum atomic E-state index is 0.0520. The molecule has 154 valence electrons. The number of carbonyl (C=O) groups is 1. The highest BCUT2D eigenvalue weighted by Crippen LogP contribution is 2.82. The van der Waals surface area contributed by atoms with Crippen molar-refractivity contribution >= 4 is 5.97 Å². The molecule has 4 saturated carbocycles. The molecule has 8 atom stereocenters. The van der Waals surface area contributed by atoms with Crippen LogP contribution in [0.1, 0.15) is 85.0 Å². The zero-order chi connectivity index (χ0) is 19.4. The first-order chi connectivity index (χ1) is 13.3. The largest absolute Gasteiger partial charge is 0.465 e. The van der Waals surface area contributed by atoms with Gasteiger partial charge in [0, 0.05) is 5.92 Å². The van der Waals surface area contributed by atoms with E-state index in [0.29, 0.717) is 46.5 Å². The number of hydrogen-bond acceptors (Lipinski definition) is 2. The van der Waals surface area contributed by atoms with Crippen molar-refractivity contribution in [1.82, 2.24) is 0 Å². The molecule has 1 saturated heterocycles. The Morgan fingerprint density at radius 1 is 0.964 bits per heavy atom. The maximum absolute atomic E-state index is 11.8. The second-order valence-corrected chi connectivity index (χ2v) is 12.4. The van der Waals surface area contributed by atoms with Crippen molar-refractivity contribution in [2.24, 2.45) is 51.2 Å². The highest BCUT2D eigenvalue weighted by atomic mass is 16.5. The monoisotopic (exact) mass is 382 g/mol. The Morgan fingerprint density at radius 2 is 1.79 bits per heavy atom. The third kappa shape index (κ3) is 1.90. The summed E-state index contributed by atoms with van der Waals surface area (Å²) in [5.41, 5.74) is 2.09. The third-order valence-electron chi connectivity index (χ3n) is 11.6. The first-order valence-corrected chi connectivity index (χ1v) is 12.2. The van der Waals surface area contributed by atoms with Crippen molar-refractivity contribution in [2.75, 3.05) is 6.61 Å². The number of esters is 1. The van der Waals surface area contributed by atoms with Gasteiger partial charge in [-0.3, -0.25) is 4.79 Å². The predicted octanol–water partition coefficient (Wildman–Crippen LogP) is 6.15. The summed E-state index contributed by atoms with van der Waals surface area (Å²) in [5.74, 6) is 4.00. The van der Waals surface area contributed by atoms with Crippen LogP contribution in [-0.2, 0) is 9.53 Å². The standard InChI is InChI=1S/C26H38O2/c1-23(2)16-25-10-4-5-11-26(23,25)13-8-18-20-7-6-19(17-14-22(27)28-15-17)24(20,3)12-9-21(18)25/h4,10,17-21H,5-9,11-16H2,1-3H3/t17-,18-,19+,20+,21-,24+,25-,26-/m0/s1. The number of ether oxygens (including phenoxy) is 1. The van der Waals surface area contributed by atoms with Crippen LogP contribution in [0.25, 0.3) is 0 Å². The number of fused-ring (bicyclic) bond motifs is 3. The van der Waals surface area contributed by atoms with E-state index >= 15 is 0 Å². The number of carbonyl (C=O) groups excluding carboxylic acids is 1. The predicted molar refractivity (Wildman–Crippen MR) is 110 cm³/mol. The summed E-state index contributed by atoms with van der Waals surface area (Å²) < 4.78 is 5.39. The zero-order valence-corrected chi connectivity index (χ0v) is 18.1. The van der Waals surface area contributed by atoms with Gasteiger partial charge in [0.2, 0.25) is 0 Å². The first-order valence-electron chi connectivity index (χ1n) is 12.2. The minimum Gasteiger partial charge on any atom is -0.465 e. The van der Waals surface area contributed by atoms with Crippen molar-refractivity contribution in [3.05, 3.63) is 12.2 Å². The average Bonchev–Trinajstić information content (AvgIpc) is 3.22. The highest BCUT2D eigenvalue weighted by Gasteiger charge is 2.74. The molecule has 0 radical (unpaired) electrons. The van der Waals surface area contributed by atoms with E-state index in [0.717, 1.165) is 17.8 Å². The fraction of sp³-hybridized carbons (Fsp3) is 0.885. The van der Waals surface area contributed by atoms with Crippen LogP contribution in [0.5, 0.6) is 0 Å². The topological polar surface area (TPSA) is 26.3 Å². The molecule has 5 fully saturated rings. The van der Waals surface area contributed by atoms with Crippen LogP contribution in [0.15, 0.2) is 12.2 Å². The van der Waals surface area contributed by atoms with Crippen molar-refractivity contribution in [2.45, 2.75) is 85.0 Å². The second kappa shape index (κ2) is 5.46. The van der Waals surface area contributed by atoms with Crippen LogP contribution in [0, 0.1) is 51.2 Å². The Morgan fingerprint density at radius 3 is 2.54 bits per heavy atom. The summed E-state index contributed by atoms with van der Waals surface area (Å²) in [5, 5.41) is 0. The summed E-state index contributed by atoms with van der Waals surface area (Å²) in [6, 6.07) is 0. The van der Waals surface area contributed by atoms with Crippen LogP contribution in [0.4, 0.5) is 0 Å². The Balaban J connectivity index is 1.32. The average molecular weight is 383 g/mol. The molecule has 0 aromatic heterocycles. The van der Waals surface area contributed by atoms with Crippen LogP contribution < -0.4 is 0 Å². The minimum absolute atomic E-state index is 0.0520. The Bertz CT molecular complexity index is 737. The Labute approximate surface area is 170 Å². The van der Waals surface area contributed by atoms with Gasteiger partial charge in [-0.1, -0.05) is 32.9 Å². The van der Waals surface area contributed by atoms with E-state index < -0.39 is 0 Å². The smallest absolute Gasteiger partial charge is 0.306 e. The molecule has 1 aliphatic heterocycles. The van der Waals surface area contributed by atoms with Crippen LogP contribution in [-0.4, -0.2) is 12.6 Å². The van der Waals surface area contributed by atoms with Gasteiger partial charge in [-0.2, -0.15) is 0 Å². The molecule has 0 aromatic rings. The molecular formula is C26H38O2. The van der Waals surface area contributed by atoms with Crippen molar-refractivity contribution in [3.8, 4) is 0 Å². The second-order valence-electron chi connectivity index (χ2n) is 12.4. The van der Waals surface area contributed by atoms with E-state index in [1.165, 1.54) is 57.8 Å².